The molecule has 0 radical (unpaired) electrons. The van der Waals surface area contributed by atoms with Gasteiger partial charge in [0, 0.05) is 17.3 Å². The first-order valence-corrected chi connectivity index (χ1v) is 6.16. The first kappa shape index (κ1) is 11.7. The van der Waals surface area contributed by atoms with E-state index in [-0.39, 0.29) is 5.84 Å². The standard InChI is InChI=1S/C5H12N2O3S2/c1-3-7-5(6)4(2)11-12(8,9)10/h4H,3H2,1-2H3,(H2,6,7)(H,8,9,10)/t4-/m1/s1. The van der Waals surface area contributed by atoms with E-state index in [9.17, 15) is 8.42 Å². The summed E-state index contributed by atoms with van der Waals surface area (Å²) < 4.78 is 29.1. The molecule has 0 saturated heterocycles. The average Bonchev–Trinajstić information content (AvgIpc) is 1.84. The Morgan fingerprint density at radius 1 is 1.75 bits per heavy atom. The van der Waals surface area contributed by atoms with Crippen LogP contribution in [0.5, 0.6) is 0 Å². The minimum Gasteiger partial charge on any atom is -0.387 e. The molecule has 0 fully saturated rings. The van der Waals surface area contributed by atoms with Gasteiger partial charge in [-0.05, 0) is 13.8 Å². The van der Waals surface area contributed by atoms with E-state index in [2.05, 4.69) is 4.99 Å². The van der Waals surface area contributed by atoms with Gasteiger partial charge < -0.3 is 5.73 Å². The first-order valence-electron chi connectivity index (χ1n) is 3.32. The second kappa shape index (κ2) is 4.68. The second-order valence-electron chi connectivity index (χ2n) is 2.07. The van der Waals surface area contributed by atoms with Crippen LogP contribution in [-0.2, 0) is 9.15 Å². The van der Waals surface area contributed by atoms with E-state index in [0.717, 1.165) is 0 Å². The Morgan fingerprint density at radius 2 is 2.25 bits per heavy atom. The van der Waals surface area contributed by atoms with Crippen molar-refractivity contribution in [1.29, 1.82) is 0 Å². The Morgan fingerprint density at radius 3 is 2.58 bits per heavy atom. The van der Waals surface area contributed by atoms with Crippen molar-refractivity contribution >= 4 is 25.8 Å². The fraction of sp³-hybridized carbons (Fsp3) is 0.800. The van der Waals surface area contributed by atoms with Crippen LogP contribution in [0.1, 0.15) is 13.8 Å². The van der Waals surface area contributed by atoms with Gasteiger partial charge in [0.15, 0.2) is 0 Å². The van der Waals surface area contributed by atoms with Gasteiger partial charge in [-0.3, -0.25) is 9.55 Å². The van der Waals surface area contributed by atoms with Crippen molar-refractivity contribution in [3.63, 3.8) is 0 Å². The van der Waals surface area contributed by atoms with Crippen molar-refractivity contribution in [3.05, 3.63) is 0 Å². The molecule has 0 aromatic rings. The zero-order chi connectivity index (χ0) is 9.78. The molecule has 3 N–H and O–H groups in total. The third kappa shape index (κ3) is 5.39. The largest absolute Gasteiger partial charge is 0.387 e. The predicted octanol–water partition coefficient (Wildman–Crippen LogP) is 0.288. The molecule has 0 aliphatic heterocycles. The lowest BCUT2D eigenvalue weighted by atomic mass is 10.4. The van der Waals surface area contributed by atoms with Crippen LogP contribution in [0.2, 0.25) is 0 Å². The Balaban J connectivity index is 4.23. The number of rotatable bonds is 4. The molecule has 0 rings (SSSR count). The maximum atomic E-state index is 10.4. The van der Waals surface area contributed by atoms with E-state index in [4.69, 9.17) is 10.3 Å². The third-order valence-electron chi connectivity index (χ3n) is 1.02. The molecule has 0 saturated carbocycles. The summed E-state index contributed by atoms with van der Waals surface area (Å²) >= 11 is 0. The van der Waals surface area contributed by atoms with E-state index >= 15 is 0 Å². The summed E-state index contributed by atoms with van der Waals surface area (Å²) in [5.41, 5.74) is 5.39. The van der Waals surface area contributed by atoms with Gasteiger partial charge in [-0.15, -0.1) is 0 Å². The highest BCUT2D eigenvalue weighted by Gasteiger charge is 2.15. The lowest BCUT2D eigenvalue weighted by Gasteiger charge is -2.06. The maximum Gasteiger partial charge on any atom is 0.320 e. The molecule has 0 aromatic heterocycles. The molecule has 0 spiro atoms. The van der Waals surface area contributed by atoms with Gasteiger partial charge in [0.2, 0.25) is 0 Å². The summed E-state index contributed by atoms with van der Waals surface area (Å²) in [4.78, 5) is 3.81. The molecule has 1 atom stereocenters. The molecular formula is C5H12N2O3S2. The Hall–Kier alpha value is -0.270. The molecule has 0 aliphatic carbocycles. The summed E-state index contributed by atoms with van der Waals surface area (Å²) in [5, 5.41) is -0.514. The van der Waals surface area contributed by atoms with Crippen LogP contribution in [0, 0.1) is 0 Å². The van der Waals surface area contributed by atoms with Crippen molar-refractivity contribution in [1.82, 2.24) is 0 Å². The average molecular weight is 212 g/mol. The van der Waals surface area contributed by atoms with Gasteiger partial charge in [0.25, 0.3) is 0 Å². The Bertz CT molecular complexity index is 260. The zero-order valence-electron chi connectivity index (χ0n) is 6.89. The number of hydrogen-bond donors (Lipinski definition) is 2. The minimum atomic E-state index is -4.03. The predicted molar refractivity (Wildman–Crippen MR) is 50.8 cm³/mol. The van der Waals surface area contributed by atoms with E-state index in [0.29, 0.717) is 17.3 Å². The van der Waals surface area contributed by atoms with Crippen LogP contribution in [0.25, 0.3) is 0 Å². The molecule has 5 nitrogen and oxygen atoms in total. The van der Waals surface area contributed by atoms with E-state index in [1.165, 1.54) is 0 Å². The second-order valence-corrected chi connectivity index (χ2v) is 5.66. The highest BCUT2D eigenvalue weighted by atomic mass is 33.1. The van der Waals surface area contributed by atoms with Crippen LogP contribution >= 0.6 is 10.8 Å². The van der Waals surface area contributed by atoms with Gasteiger partial charge >= 0.3 is 9.15 Å². The molecule has 72 valence electrons. The highest BCUT2D eigenvalue weighted by molar-refractivity contribution is 8.70. The summed E-state index contributed by atoms with van der Waals surface area (Å²) in [6.45, 7) is 3.85. The highest BCUT2D eigenvalue weighted by Crippen LogP contribution is 2.16. The van der Waals surface area contributed by atoms with Crippen LogP contribution < -0.4 is 5.73 Å². The third-order valence-corrected chi connectivity index (χ3v) is 3.39. The lowest BCUT2D eigenvalue weighted by molar-refractivity contribution is 0.503. The van der Waals surface area contributed by atoms with Crippen molar-refractivity contribution in [3.8, 4) is 0 Å². The fourth-order valence-electron chi connectivity index (χ4n) is 0.543. The van der Waals surface area contributed by atoms with Crippen LogP contribution in [-0.4, -0.2) is 30.6 Å². The topological polar surface area (TPSA) is 92.8 Å². The number of aliphatic imine (C=N–C) groups is 1. The van der Waals surface area contributed by atoms with Crippen LogP contribution in [0.3, 0.4) is 0 Å². The summed E-state index contributed by atoms with van der Waals surface area (Å²) in [7, 11) is -3.65. The summed E-state index contributed by atoms with van der Waals surface area (Å²) in [6, 6.07) is 0. The fourth-order valence-corrected chi connectivity index (χ4v) is 2.47. The smallest absolute Gasteiger partial charge is 0.320 e. The zero-order valence-corrected chi connectivity index (χ0v) is 8.52. The number of amidine groups is 1. The Labute approximate surface area is 75.6 Å². The van der Waals surface area contributed by atoms with Crippen molar-refractivity contribution in [2.45, 2.75) is 19.1 Å². The van der Waals surface area contributed by atoms with Crippen LogP contribution in [0.15, 0.2) is 4.99 Å². The van der Waals surface area contributed by atoms with E-state index < -0.39 is 14.4 Å². The SMILES string of the molecule is CCN=C(N)[C@@H](C)SS(=O)(=O)O. The van der Waals surface area contributed by atoms with Gasteiger partial charge in [-0.2, -0.15) is 8.42 Å². The molecule has 0 unspecified atom stereocenters. The molecule has 0 heterocycles. The molecule has 0 bridgehead atoms. The molecule has 12 heavy (non-hydrogen) atoms. The monoisotopic (exact) mass is 212 g/mol. The van der Waals surface area contributed by atoms with Crippen molar-refractivity contribution in [2.75, 3.05) is 6.54 Å². The van der Waals surface area contributed by atoms with Crippen LogP contribution in [0.4, 0.5) is 0 Å². The minimum absolute atomic E-state index is 0.222. The Kier molecular flexibility index (Phi) is 4.58. The number of nitrogens with two attached hydrogens (primary N) is 1. The first-order chi connectivity index (χ1) is 5.37. The van der Waals surface area contributed by atoms with Gasteiger partial charge in [-0.1, -0.05) is 0 Å². The van der Waals surface area contributed by atoms with E-state index in [1.807, 2.05) is 0 Å². The quantitative estimate of drug-likeness (QED) is 0.302. The maximum absolute atomic E-state index is 10.4. The normalized spacial score (nSPS) is 16.1. The molecular weight excluding hydrogens is 200 g/mol. The van der Waals surface area contributed by atoms with Crippen molar-refractivity contribution in [2.24, 2.45) is 10.7 Å². The number of hydrogen-bond acceptors (Lipinski definition) is 4. The number of nitrogens with zero attached hydrogens (tertiary/aromatic N) is 1. The lowest BCUT2D eigenvalue weighted by Crippen LogP contribution is -2.25. The molecule has 0 amide bonds. The molecule has 0 aromatic carbocycles. The summed E-state index contributed by atoms with van der Waals surface area (Å²) in [5.74, 6) is 0.222. The van der Waals surface area contributed by atoms with Gasteiger partial charge in [-0.25, -0.2) is 0 Å². The van der Waals surface area contributed by atoms with Gasteiger partial charge in [0.05, 0.1) is 5.25 Å². The molecule has 0 aliphatic rings. The summed E-state index contributed by atoms with van der Waals surface area (Å²) in [6.07, 6.45) is 0. The molecule has 7 heteroatoms. The van der Waals surface area contributed by atoms with Crippen molar-refractivity contribution < 1.29 is 13.0 Å². The van der Waals surface area contributed by atoms with Gasteiger partial charge in [0.1, 0.15) is 5.84 Å². The van der Waals surface area contributed by atoms with E-state index in [1.54, 1.807) is 13.8 Å².